The fourth-order valence-electron chi connectivity index (χ4n) is 2.30. The lowest BCUT2D eigenvalue weighted by atomic mass is 10.2. The van der Waals surface area contributed by atoms with Crippen molar-refractivity contribution in [1.82, 2.24) is 20.9 Å². The van der Waals surface area contributed by atoms with Crippen LogP contribution in [0.4, 0.5) is 15.3 Å². The minimum atomic E-state index is -0.892. The molecule has 0 saturated carbocycles. The zero-order chi connectivity index (χ0) is 20.2. The van der Waals surface area contributed by atoms with Crippen LogP contribution in [0.2, 0.25) is 0 Å². The van der Waals surface area contributed by atoms with E-state index in [1.165, 1.54) is 0 Å². The molecular formula is C19H23N5O4. The lowest BCUT2D eigenvalue weighted by molar-refractivity contribution is -0.137. The topological polar surface area (TPSA) is 132 Å². The van der Waals surface area contributed by atoms with Crippen LogP contribution < -0.4 is 21.3 Å². The molecule has 1 aromatic carbocycles. The van der Waals surface area contributed by atoms with E-state index in [0.717, 1.165) is 11.1 Å². The minimum absolute atomic E-state index is 0.0111. The van der Waals surface area contributed by atoms with E-state index in [1.54, 1.807) is 30.6 Å². The number of carboxylic acids is 1. The first-order valence-electron chi connectivity index (χ1n) is 8.79. The van der Waals surface area contributed by atoms with Gasteiger partial charge in [-0.1, -0.05) is 12.1 Å². The predicted molar refractivity (Wildman–Crippen MR) is 104 cm³/mol. The zero-order valence-corrected chi connectivity index (χ0v) is 15.3. The number of pyridine rings is 1. The Morgan fingerprint density at radius 2 is 1.61 bits per heavy atom. The molecule has 0 saturated heterocycles. The van der Waals surface area contributed by atoms with Crippen molar-refractivity contribution in [3.63, 3.8) is 0 Å². The van der Waals surface area contributed by atoms with Crippen LogP contribution in [0.3, 0.4) is 0 Å². The van der Waals surface area contributed by atoms with Crippen LogP contribution in [0.15, 0.2) is 48.8 Å². The van der Waals surface area contributed by atoms with Gasteiger partial charge < -0.3 is 26.4 Å². The molecule has 0 aliphatic heterocycles. The standard InChI is InChI=1S/C19H23N5O4/c25-17(26)5-2-8-21-18(27)22-13-15-3-1-4-16(11-15)24-19(28)23-12-14-6-9-20-10-7-14/h1,3-4,6-7,9-11H,2,5,8,12-13H2,(H,25,26)(H2,21,22,27)(H2,23,24,28). The zero-order valence-electron chi connectivity index (χ0n) is 15.3. The van der Waals surface area contributed by atoms with Crippen LogP contribution in [0.25, 0.3) is 0 Å². The number of aliphatic carboxylic acids is 1. The maximum atomic E-state index is 12.0. The van der Waals surface area contributed by atoms with E-state index in [-0.39, 0.29) is 31.6 Å². The monoisotopic (exact) mass is 385 g/mol. The highest BCUT2D eigenvalue weighted by Crippen LogP contribution is 2.10. The Morgan fingerprint density at radius 1 is 0.893 bits per heavy atom. The van der Waals surface area contributed by atoms with Crippen LogP contribution in [0.5, 0.6) is 0 Å². The molecule has 0 fully saturated rings. The van der Waals surface area contributed by atoms with Crippen LogP contribution in [-0.4, -0.2) is 34.7 Å². The largest absolute Gasteiger partial charge is 0.481 e. The number of aromatic nitrogens is 1. The average Bonchev–Trinajstić information content (AvgIpc) is 2.69. The number of carbonyl (C=O) groups excluding carboxylic acids is 2. The Hall–Kier alpha value is -3.62. The molecule has 9 heteroatoms. The molecule has 0 aliphatic rings. The minimum Gasteiger partial charge on any atom is -0.481 e. The van der Waals surface area contributed by atoms with Crippen LogP contribution in [0.1, 0.15) is 24.0 Å². The number of rotatable bonds is 9. The third-order valence-electron chi connectivity index (χ3n) is 3.69. The Balaban J connectivity index is 1.72. The van der Waals surface area contributed by atoms with Crippen LogP contribution in [0, 0.1) is 0 Å². The molecule has 0 spiro atoms. The molecule has 9 nitrogen and oxygen atoms in total. The van der Waals surface area contributed by atoms with E-state index < -0.39 is 5.97 Å². The Labute approximate surface area is 162 Å². The molecule has 0 radical (unpaired) electrons. The first-order chi connectivity index (χ1) is 13.5. The van der Waals surface area contributed by atoms with E-state index in [0.29, 0.717) is 18.7 Å². The van der Waals surface area contributed by atoms with Gasteiger partial charge in [0.05, 0.1) is 0 Å². The summed E-state index contributed by atoms with van der Waals surface area (Å²) in [5.74, 6) is -0.892. The molecule has 28 heavy (non-hydrogen) atoms. The number of anilines is 1. The molecule has 2 aromatic rings. The van der Waals surface area contributed by atoms with E-state index in [4.69, 9.17) is 5.11 Å². The summed E-state index contributed by atoms with van der Waals surface area (Å²) in [7, 11) is 0. The normalized spacial score (nSPS) is 10.0. The molecule has 1 heterocycles. The quantitative estimate of drug-likeness (QED) is 0.422. The lowest BCUT2D eigenvalue weighted by Crippen LogP contribution is -2.35. The van der Waals surface area contributed by atoms with Gasteiger partial charge in [0.2, 0.25) is 0 Å². The second-order valence-electron chi connectivity index (χ2n) is 5.97. The van der Waals surface area contributed by atoms with Crippen molar-refractivity contribution < 1.29 is 19.5 Å². The second-order valence-corrected chi connectivity index (χ2v) is 5.97. The number of carboxylic acid groups (broad SMARTS) is 1. The summed E-state index contributed by atoms with van der Waals surface area (Å²) in [6.45, 7) is 0.952. The number of benzene rings is 1. The highest BCUT2D eigenvalue weighted by Gasteiger charge is 2.05. The highest BCUT2D eigenvalue weighted by molar-refractivity contribution is 5.89. The van der Waals surface area contributed by atoms with Crippen molar-refractivity contribution >= 4 is 23.7 Å². The van der Waals surface area contributed by atoms with Gasteiger partial charge >= 0.3 is 18.0 Å². The van der Waals surface area contributed by atoms with Crippen LogP contribution >= 0.6 is 0 Å². The number of urea groups is 2. The molecule has 5 N–H and O–H groups in total. The maximum absolute atomic E-state index is 12.0. The predicted octanol–water partition coefficient (Wildman–Crippen LogP) is 2.07. The van der Waals surface area contributed by atoms with Gasteiger partial charge in [0, 0.05) is 44.1 Å². The number of hydrogen-bond acceptors (Lipinski definition) is 4. The van der Waals surface area contributed by atoms with E-state index in [2.05, 4.69) is 26.3 Å². The molecule has 0 bridgehead atoms. The van der Waals surface area contributed by atoms with Crippen molar-refractivity contribution in [3.05, 3.63) is 59.9 Å². The van der Waals surface area contributed by atoms with E-state index in [1.807, 2.05) is 18.2 Å². The Bertz CT molecular complexity index is 798. The molecular weight excluding hydrogens is 362 g/mol. The molecule has 2 rings (SSSR count). The third kappa shape index (κ3) is 8.17. The summed E-state index contributed by atoms with van der Waals surface area (Å²) < 4.78 is 0. The molecule has 1 aromatic heterocycles. The number of nitrogens with zero attached hydrogens (tertiary/aromatic N) is 1. The molecule has 4 amide bonds. The maximum Gasteiger partial charge on any atom is 0.319 e. The van der Waals surface area contributed by atoms with Crippen molar-refractivity contribution in [3.8, 4) is 0 Å². The number of nitrogens with one attached hydrogen (secondary N) is 4. The van der Waals surface area contributed by atoms with E-state index >= 15 is 0 Å². The summed E-state index contributed by atoms with van der Waals surface area (Å²) >= 11 is 0. The van der Waals surface area contributed by atoms with Crippen molar-refractivity contribution in [2.75, 3.05) is 11.9 Å². The first-order valence-corrected chi connectivity index (χ1v) is 8.79. The summed E-state index contributed by atoms with van der Waals surface area (Å²) in [5.41, 5.74) is 2.36. The smallest absolute Gasteiger partial charge is 0.319 e. The van der Waals surface area contributed by atoms with Gasteiger partial charge in [-0.15, -0.1) is 0 Å². The summed E-state index contributed by atoms with van der Waals surface area (Å²) in [5, 5.41) is 19.3. The number of carbonyl (C=O) groups is 3. The molecule has 0 unspecified atom stereocenters. The molecule has 0 atom stereocenters. The van der Waals surface area contributed by atoms with Gasteiger partial charge in [-0.3, -0.25) is 9.78 Å². The lowest BCUT2D eigenvalue weighted by Gasteiger charge is -2.10. The Morgan fingerprint density at radius 3 is 2.36 bits per heavy atom. The fourth-order valence-corrected chi connectivity index (χ4v) is 2.30. The third-order valence-corrected chi connectivity index (χ3v) is 3.69. The van der Waals surface area contributed by atoms with Crippen LogP contribution in [-0.2, 0) is 17.9 Å². The van der Waals surface area contributed by atoms with Crippen molar-refractivity contribution in [2.45, 2.75) is 25.9 Å². The van der Waals surface area contributed by atoms with Crippen molar-refractivity contribution in [1.29, 1.82) is 0 Å². The van der Waals surface area contributed by atoms with Crippen molar-refractivity contribution in [2.24, 2.45) is 0 Å². The number of amides is 4. The summed E-state index contributed by atoms with van der Waals surface area (Å²) in [4.78, 5) is 38.0. The summed E-state index contributed by atoms with van der Waals surface area (Å²) in [6.07, 6.45) is 3.70. The van der Waals surface area contributed by atoms with Gasteiger partial charge in [0.25, 0.3) is 0 Å². The first kappa shape index (κ1) is 20.7. The second kappa shape index (κ2) is 11.2. The fraction of sp³-hybridized carbons (Fsp3) is 0.263. The van der Waals surface area contributed by atoms with Gasteiger partial charge in [0.1, 0.15) is 0 Å². The average molecular weight is 385 g/mol. The van der Waals surface area contributed by atoms with Gasteiger partial charge in [-0.25, -0.2) is 9.59 Å². The van der Waals surface area contributed by atoms with Gasteiger partial charge in [0.15, 0.2) is 0 Å². The van der Waals surface area contributed by atoms with Gasteiger partial charge in [-0.05, 0) is 41.8 Å². The SMILES string of the molecule is O=C(O)CCCNC(=O)NCc1cccc(NC(=O)NCc2ccncc2)c1. The Kier molecular flexibility index (Phi) is 8.25. The highest BCUT2D eigenvalue weighted by atomic mass is 16.4. The molecule has 0 aliphatic carbocycles. The van der Waals surface area contributed by atoms with E-state index in [9.17, 15) is 14.4 Å². The van der Waals surface area contributed by atoms with Gasteiger partial charge in [-0.2, -0.15) is 0 Å². The molecule has 148 valence electrons. The number of hydrogen-bond donors (Lipinski definition) is 5. The summed E-state index contributed by atoms with van der Waals surface area (Å²) in [6, 6.07) is 10.0.